The SMILES string of the molecule is CCC(C)C(NC(=O)C(N)Cc1ccc(O)cc1)C(=O)NC(CC(C)C)C(=O)N1CCCC1C(=O)O. The fraction of sp³-hybridized carbons (Fsp3) is 0.615. The van der Waals surface area contributed by atoms with Crippen LogP contribution in [0, 0.1) is 11.8 Å². The Labute approximate surface area is 212 Å². The maximum Gasteiger partial charge on any atom is 0.326 e. The third-order valence-corrected chi connectivity index (χ3v) is 6.66. The molecule has 1 heterocycles. The Bertz CT molecular complexity index is 920. The van der Waals surface area contributed by atoms with Crippen molar-refractivity contribution in [3.05, 3.63) is 29.8 Å². The molecule has 1 saturated heterocycles. The maximum absolute atomic E-state index is 13.3. The number of carboxylic acid groups (broad SMARTS) is 1. The highest BCUT2D eigenvalue weighted by atomic mass is 16.4. The van der Waals surface area contributed by atoms with Crippen molar-refractivity contribution in [3.8, 4) is 5.75 Å². The minimum Gasteiger partial charge on any atom is -0.508 e. The van der Waals surface area contributed by atoms with Gasteiger partial charge in [0.15, 0.2) is 0 Å². The number of aromatic hydroxyl groups is 1. The molecule has 5 atom stereocenters. The quantitative estimate of drug-likeness (QED) is 0.287. The summed E-state index contributed by atoms with van der Waals surface area (Å²) in [5, 5.41) is 24.5. The summed E-state index contributed by atoms with van der Waals surface area (Å²) in [5.74, 6) is -2.52. The number of amides is 3. The Morgan fingerprint density at radius 1 is 1.08 bits per heavy atom. The van der Waals surface area contributed by atoms with Gasteiger partial charge in [-0.05, 0) is 55.2 Å². The average Bonchev–Trinajstić information content (AvgIpc) is 3.32. The highest BCUT2D eigenvalue weighted by molar-refractivity contribution is 5.94. The van der Waals surface area contributed by atoms with E-state index < -0.39 is 47.9 Å². The fourth-order valence-electron chi connectivity index (χ4n) is 4.38. The van der Waals surface area contributed by atoms with Gasteiger partial charge in [0.2, 0.25) is 17.7 Å². The molecular weight excluding hydrogens is 464 g/mol. The molecule has 0 aromatic heterocycles. The van der Waals surface area contributed by atoms with E-state index in [2.05, 4.69) is 10.6 Å². The second kappa shape index (κ2) is 13.2. The van der Waals surface area contributed by atoms with Crippen LogP contribution in [-0.2, 0) is 25.6 Å². The van der Waals surface area contributed by atoms with Crippen molar-refractivity contribution in [2.24, 2.45) is 17.6 Å². The first kappa shape index (κ1) is 29.1. The van der Waals surface area contributed by atoms with Crippen molar-refractivity contribution < 1.29 is 29.4 Å². The predicted octanol–water partition coefficient (Wildman–Crippen LogP) is 1.40. The summed E-state index contributed by atoms with van der Waals surface area (Å²) in [4.78, 5) is 52.4. The van der Waals surface area contributed by atoms with Crippen LogP contribution in [0.15, 0.2) is 24.3 Å². The molecule has 1 fully saturated rings. The van der Waals surface area contributed by atoms with Crippen molar-refractivity contribution >= 4 is 23.7 Å². The zero-order valence-corrected chi connectivity index (χ0v) is 21.6. The van der Waals surface area contributed by atoms with E-state index in [1.54, 1.807) is 12.1 Å². The fourth-order valence-corrected chi connectivity index (χ4v) is 4.38. The Hall–Kier alpha value is -3.14. The van der Waals surface area contributed by atoms with Crippen LogP contribution in [0.25, 0.3) is 0 Å². The monoisotopic (exact) mass is 504 g/mol. The Kier molecular flexibility index (Phi) is 10.7. The molecule has 1 aromatic rings. The average molecular weight is 505 g/mol. The summed E-state index contributed by atoms with van der Waals surface area (Å²) in [6, 6.07) is 2.75. The molecule has 200 valence electrons. The number of phenolic OH excluding ortho intramolecular Hbond substituents is 1. The minimum atomic E-state index is -1.05. The van der Waals surface area contributed by atoms with Gasteiger partial charge in [-0.3, -0.25) is 14.4 Å². The predicted molar refractivity (Wildman–Crippen MR) is 135 cm³/mol. The van der Waals surface area contributed by atoms with Crippen LogP contribution < -0.4 is 16.4 Å². The second-order valence-corrected chi connectivity index (χ2v) is 10.1. The zero-order chi connectivity index (χ0) is 27.0. The summed E-state index contributed by atoms with van der Waals surface area (Å²) >= 11 is 0. The molecule has 6 N–H and O–H groups in total. The molecule has 2 rings (SSSR count). The third-order valence-electron chi connectivity index (χ3n) is 6.66. The standard InChI is InChI=1S/C26H40N4O6/c1-5-16(4)22(29-23(32)19(27)14-17-8-10-18(31)11-9-17)24(33)28-20(13-15(2)3)25(34)30-12-6-7-21(30)26(35)36/h8-11,15-16,19-22,31H,5-7,12-14,27H2,1-4H3,(H,28,33)(H,29,32)(H,35,36). The topological polar surface area (TPSA) is 162 Å². The number of nitrogens with one attached hydrogen (secondary N) is 2. The molecule has 1 aliphatic rings. The second-order valence-electron chi connectivity index (χ2n) is 10.1. The normalized spacial score (nSPS) is 18.8. The molecule has 3 amide bonds. The number of hydrogen-bond donors (Lipinski definition) is 5. The van der Waals surface area contributed by atoms with Crippen LogP contribution in [0.5, 0.6) is 5.75 Å². The number of rotatable bonds is 12. The molecule has 1 aromatic carbocycles. The van der Waals surface area contributed by atoms with Crippen LogP contribution in [0.3, 0.4) is 0 Å². The highest BCUT2D eigenvalue weighted by Crippen LogP contribution is 2.21. The third kappa shape index (κ3) is 7.94. The number of hydrogen-bond acceptors (Lipinski definition) is 6. The number of aliphatic carboxylic acids is 1. The van der Waals surface area contributed by atoms with Crippen LogP contribution in [0.1, 0.15) is 58.9 Å². The molecule has 1 aliphatic heterocycles. The van der Waals surface area contributed by atoms with Crippen LogP contribution in [0.4, 0.5) is 0 Å². The van der Waals surface area contributed by atoms with E-state index in [1.165, 1.54) is 17.0 Å². The Balaban J connectivity index is 2.14. The van der Waals surface area contributed by atoms with E-state index in [0.717, 1.165) is 5.56 Å². The number of benzene rings is 1. The molecule has 10 nitrogen and oxygen atoms in total. The lowest BCUT2D eigenvalue weighted by Gasteiger charge is -2.31. The number of nitrogens with zero attached hydrogens (tertiary/aromatic N) is 1. The van der Waals surface area contributed by atoms with Gasteiger partial charge in [-0.15, -0.1) is 0 Å². The number of phenols is 1. The van der Waals surface area contributed by atoms with Gasteiger partial charge in [0.25, 0.3) is 0 Å². The van der Waals surface area contributed by atoms with Crippen LogP contribution in [-0.4, -0.2) is 69.5 Å². The van der Waals surface area contributed by atoms with Crippen molar-refractivity contribution in [1.82, 2.24) is 15.5 Å². The van der Waals surface area contributed by atoms with E-state index in [1.807, 2.05) is 27.7 Å². The lowest BCUT2D eigenvalue weighted by Crippen LogP contribution is -2.59. The van der Waals surface area contributed by atoms with Gasteiger partial charge in [0.1, 0.15) is 23.9 Å². The lowest BCUT2D eigenvalue weighted by atomic mass is 9.96. The number of carbonyl (C=O) groups excluding carboxylic acids is 3. The molecule has 10 heteroatoms. The first-order chi connectivity index (χ1) is 16.9. The van der Waals surface area contributed by atoms with Crippen LogP contribution >= 0.6 is 0 Å². The van der Waals surface area contributed by atoms with E-state index in [4.69, 9.17) is 5.73 Å². The first-order valence-corrected chi connectivity index (χ1v) is 12.6. The number of nitrogens with two attached hydrogens (primary N) is 1. The van der Waals surface area contributed by atoms with E-state index in [-0.39, 0.29) is 24.0 Å². The van der Waals surface area contributed by atoms with Crippen molar-refractivity contribution in [2.75, 3.05) is 6.54 Å². The summed E-state index contributed by atoms with van der Waals surface area (Å²) in [5.41, 5.74) is 6.86. The molecule has 0 spiro atoms. The summed E-state index contributed by atoms with van der Waals surface area (Å²) < 4.78 is 0. The summed E-state index contributed by atoms with van der Waals surface area (Å²) in [6.45, 7) is 7.89. The maximum atomic E-state index is 13.3. The van der Waals surface area contributed by atoms with Gasteiger partial charge >= 0.3 is 5.97 Å². The molecular formula is C26H40N4O6. The van der Waals surface area contributed by atoms with Gasteiger partial charge in [-0.1, -0.05) is 46.2 Å². The van der Waals surface area contributed by atoms with E-state index in [9.17, 15) is 29.4 Å². The van der Waals surface area contributed by atoms with Crippen LogP contribution in [0.2, 0.25) is 0 Å². The summed E-state index contributed by atoms with van der Waals surface area (Å²) in [6.07, 6.45) is 2.14. The van der Waals surface area contributed by atoms with E-state index >= 15 is 0 Å². The number of carboxylic acids is 1. The Morgan fingerprint density at radius 2 is 1.72 bits per heavy atom. The van der Waals surface area contributed by atoms with Gasteiger partial charge in [0, 0.05) is 6.54 Å². The molecule has 0 bridgehead atoms. The summed E-state index contributed by atoms with van der Waals surface area (Å²) in [7, 11) is 0. The smallest absolute Gasteiger partial charge is 0.326 e. The van der Waals surface area contributed by atoms with E-state index in [0.29, 0.717) is 32.2 Å². The molecule has 5 unspecified atom stereocenters. The Morgan fingerprint density at radius 3 is 2.28 bits per heavy atom. The molecule has 0 radical (unpaired) electrons. The van der Waals surface area contributed by atoms with Gasteiger partial charge in [0.05, 0.1) is 6.04 Å². The zero-order valence-electron chi connectivity index (χ0n) is 21.6. The van der Waals surface area contributed by atoms with Crippen molar-refractivity contribution in [2.45, 2.75) is 84.0 Å². The minimum absolute atomic E-state index is 0.0699. The van der Waals surface area contributed by atoms with Gasteiger partial charge in [-0.25, -0.2) is 4.79 Å². The van der Waals surface area contributed by atoms with Gasteiger partial charge < -0.3 is 31.5 Å². The highest BCUT2D eigenvalue weighted by Gasteiger charge is 2.39. The molecule has 36 heavy (non-hydrogen) atoms. The number of carbonyl (C=O) groups is 4. The van der Waals surface area contributed by atoms with Crippen molar-refractivity contribution in [3.63, 3.8) is 0 Å². The lowest BCUT2D eigenvalue weighted by molar-refractivity contribution is -0.149. The molecule has 0 aliphatic carbocycles. The first-order valence-electron chi connectivity index (χ1n) is 12.6. The van der Waals surface area contributed by atoms with Crippen molar-refractivity contribution in [1.29, 1.82) is 0 Å². The number of likely N-dealkylation sites (tertiary alicyclic amines) is 1. The molecule has 0 saturated carbocycles. The van der Waals surface area contributed by atoms with Gasteiger partial charge in [-0.2, -0.15) is 0 Å². The largest absolute Gasteiger partial charge is 0.508 e.